The standard InChI is InChI=1S/C31H39N5O/c1-8-15-35(16-9-2)31(37)28-27(32-7)26(19-25-21(5)17-23(10-3)18-22(25)6)30-33-29(34-36(28)30)24-13-11-20(4)12-14-24/h8-9,11-14,21-23,25H,1-2,10,15-19H2,3-6H3,(H,33,34). The molecule has 4 rings (SSSR count). The smallest absolute Gasteiger partial charge is 0.262 e. The van der Waals surface area contributed by atoms with Gasteiger partial charge in [0.25, 0.3) is 5.91 Å². The minimum Gasteiger partial charge on any atom is -0.331 e. The molecule has 37 heavy (non-hydrogen) atoms. The van der Waals surface area contributed by atoms with Crippen LogP contribution in [0.1, 0.15) is 61.6 Å². The van der Waals surface area contributed by atoms with E-state index in [1.165, 1.54) is 24.8 Å². The van der Waals surface area contributed by atoms with Gasteiger partial charge in [-0.25, -0.2) is 14.3 Å². The Balaban J connectivity index is 1.86. The number of nitrogens with one attached hydrogen (secondary N) is 1. The summed E-state index contributed by atoms with van der Waals surface area (Å²) in [5.74, 6) is 2.77. The van der Waals surface area contributed by atoms with Crippen LogP contribution in [-0.4, -0.2) is 38.5 Å². The molecular weight excluding hydrogens is 458 g/mol. The number of aromatic nitrogens is 3. The molecule has 2 heterocycles. The summed E-state index contributed by atoms with van der Waals surface area (Å²) in [6.07, 6.45) is 7.78. The maximum absolute atomic E-state index is 13.8. The molecule has 6 heteroatoms. The highest BCUT2D eigenvalue weighted by molar-refractivity contribution is 6.01. The molecule has 194 valence electrons. The fraction of sp³-hybridized carbons (Fsp3) is 0.452. The van der Waals surface area contributed by atoms with Crippen LogP contribution in [0.3, 0.4) is 0 Å². The van der Waals surface area contributed by atoms with Gasteiger partial charge in [-0.2, -0.15) is 0 Å². The first kappa shape index (κ1) is 26.5. The number of benzene rings is 1. The molecule has 0 radical (unpaired) electrons. The summed E-state index contributed by atoms with van der Waals surface area (Å²) in [6.45, 7) is 25.5. The number of carbonyl (C=O) groups excluding carboxylic acids is 1. The predicted molar refractivity (Wildman–Crippen MR) is 151 cm³/mol. The highest BCUT2D eigenvalue weighted by Crippen LogP contribution is 2.44. The highest BCUT2D eigenvalue weighted by atomic mass is 16.2. The summed E-state index contributed by atoms with van der Waals surface area (Å²) in [5, 5.41) is 3.35. The molecule has 0 spiro atoms. The van der Waals surface area contributed by atoms with Crippen LogP contribution in [0, 0.1) is 37.2 Å². The molecule has 2 unspecified atom stereocenters. The first-order valence-electron chi connectivity index (χ1n) is 13.4. The molecule has 6 nitrogen and oxygen atoms in total. The fourth-order valence-corrected chi connectivity index (χ4v) is 6.14. The van der Waals surface area contributed by atoms with Crippen LogP contribution in [0.15, 0.2) is 49.6 Å². The van der Waals surface area contributed by atoms with Crippen LogP contribution in [0.4, 0.5) is 5.69 Å². The Morgan fingerprint density at radius 3 is 2.35 bits per heavy atom. The van der Waals surface area contributed by atoms with E-state index in [2.05, 4.69) is 62.9 Å². The molecule has 1 N–H and O–H groups in total. The van der Waals surface area contributed by atoms with Crippen LogP contribution >= 0.6 is 0 Å². The summed E-state index contributed by atoms with van der Waals surface area (Å²) >= 11 is 0. The first-order chi connectivity index (χ1) is 17.8. The molecule has 0 bridgehead atoms. The predicted octanol–water partition coefficient (Wildman–Crippen LogP) is 7.25. The monoisotopic (exact) mass is 497 g/mol. The van der Waals surface area contributed by atoms with Crippen molar-refractivity contribution in [2.24, 2.45) is 23.7 Å². The molecule has 1 aliphatic rings. The maximum atomic E-state index is 13.8. The van der Waals surface area contributed by atoms with Crippen molar-refractivity contribution in [2.45, 2.75) is 53.4 Å². The Bertz CT molecular complexity index is 1300. The van der Waals surface area contributed by atoms with Crippen LogP contribution in [0.5, 0.6) is 0 Å². The average molecular weight is 498 g/mol. The highest BCUT2D eigenvalue weighted by Gasteiger charge is 2.36. The van der Waals surface area contributed by atoms with Gasteiger partial charge in [-0.15, -0.1) is 13.2 Å². The van der Waals surface area contributed by atoms with Gasteiger partial charge < -0.3 is 4.90 Å². The first-order valence-corrected chi connectivity index (χ1v) is 13.4. The fourth-order valence-electron chi connectivity index (χ4n) is 6.14. The summed E-state index contributed by atoms with van der Waals surface area (Å²) < 4.78 is 1.74. The lowest BCUT2D eigenvalue weighted by molar-refractivity contribution is 0.0784. The van der Waals surface area contributed by atoms with Crippen LogP contribution in [-0.2, 0) is 6.42 Å². The van der Waals surface area contributed by atoms with Crippen LogP contribution in [0.25, 0.3) is 21.9 Å². The van der Waals surface area contributed by atoms with Crippen molar-refractivity contribution in [3.63, 3.8) is 0 Å². The van der Waals surface area contributed by atoms with Gasteiger partial charge in [-0.05, 0) is 49.9 Å². The minimum atomic E-state index is -0.220. The van der Waals surface area contributed by atoms with Crippen molar-refractivity contribution in [1.29, 1.82) is 0 Å². The number of aromatic amines is 1. The molecular formula is C31H39N5O. The van der Waals surface area contributed by atoms with E-state index < -0.39 is 0 Å². The summed E-state index contributed by atoms with van der Waals surface area (Å²) in [4.78, 5) is 24.4. The van der Waals surface area contributed by atoms with E-state index in [1.807, 2.05) is 12.1 Å². The molecule has 3 aromatic rings. The number of hydrogen-bond acceptors (Lipinski definition) is 2. The molecule has 0 aliphatic heterocycles. The quantitative estimate of drug-likeness (QED) is 0.250. The maximum Gasteiger partial charge on any atom is 0.262 e. The Morgan fingerprint density at radius 2 is 1.81 bits per heavy atom. The van der Waals surface area contributed by atoms with Gasteiger partial charge in [0.1, 0.15) is 11.3 Å². The third kappa shape index (κ3) is 5.13. The lowest BCUT2D eigenvalue weighted by atomic mass is 9.66. The number of H-pyrrole nitrogens is 1. The number of nitrogens with zero attached hydrogens (tertiary/aromatic N) is 4. The number of amides is 1. The SMILES string of the molecule is [C-]#[N+]c1c(CC2C(C)CC(CC)CC2C)c2nc(-c3ccc(C)cc3)[nH]n2c1C(=O)N(CC=C)CC=C. The number of carbonyl (C=O) groups is 1. The molecule has 1 saturated carbocycles. The Labute approximate surface area is 220 Å². The van der Waals surface area contributed by atoms with Gasteiger partial charge in [-0.1, -0.05) is 69.2 Å². The third-order valence-corrected chi connectivity index (χ3v) is 8.17. The van der Waals surface area contributed by atoms with E-state index in [0.29, 0.717) is 53.7 Å². The zero-order valence-electron chi connectivity index (χ0n) is 22.6. The molecule has 1 amide bonds. The number of rotatable bonds is 9. The molecule has 1 fully saturated rings. The van der Waals surface area contributed by atoms with Crippen molar-refractivity contribution in [2.75, 3.05) is 13.1 Å². The average Bonchev–Trinajstić information content (AvgIpc) is 3.43. The van der Waals surface area contributed by atoms with Crippen molar-refractivity contribution in [3.8, 4) is 11.4 Å². The van der Waals surface area contributed by atoms with Crippen LogP contribution in [0.2, 0.25) is 0 Å². The van der Waals surface area contributed by atoms with Gasteiger partial charge in [-0.3, -0.25) is 9.89 Å². The molecule has 0 saturated heterocycles. The van der Waals surface area contributed by atoms with Gasteiger partial charge >= 0.3 is 0 Å². The number of hydrogen-bond donors (Lipinski definition) is 1. The normalized spacial score (nSPS) is 21.5. The Hall–Kier alpha value is -3.59. The van der Waals surface area contributed by atoms with Gasteiger partial charge in [0.15, 0.2) is 5.82 Å². The van der Waals surface area contributed by atoms with Gasteiger partial charge in [0, 0.05) is 24.2 Å². The zero-order valence-corrected chi connectivity index (χ0v) is 22.6. The van der Waals surface area contributed by atoms with Crippen molar-refractivity contribution in [1.82, 2.24) is 19.5 Å². The van der Waals surface area contributed by atoms with Gasteiger partial charge in [0.2, 0.25) is 5.69 Å². The summed E-state index contributed by atoms with van der Waals surface area (Å²) in [5.41, 5.74) is 4.43. The minimum absolute atomic E-state index is 0.220. The summed E-state index contributed by atoms with van der Waals surface area (Å²) in [6, 6.07) is 8.16. The van der Waals surface area contributed by atoms with E-state index in [4.69, 9.17) is 11.6 Å². The second kappa shape index (κ2) is 11.2. The second-order valence-corrected chi connectivity index (χ2v) is 10.7. The number of fused-ring (bicyclic) bond motifs is 1. The molecule has 1 aromatic carbocycles. The number of aryl methyl sites for hydroxylation is 1. The third-order valence-electron chi connectivity index (χ3n) is 8.17. The summed E-state index contributed by atoms with van der Waals surface area (Å²) in [7, 11) is 0. The lowest BCUT2D eigenvalue weighted by Crippen LogP contribution is -2.32. The zero-order chi connectivity index (χ0) is 26.7. The largest absolute Gasteiger partial charge is 0.331 e. The van der Waals surface area contributed by atoms with E-state index in [1.54, 1.807) is 21.6 Å². The Kier molecular flexibility index (Phi) is 8.02. The Morgan fingerprint density at radius 1 is 1.19 bits per heavy atom. The topological polar surface area (TPSA) is 57.8 Å². The molecule has 1 aliphatic carbocycles. The molecule has 2 atom stereocenters. The lowest BCUT2D eigenvalue weighted by Gasteiger charge is -2.39. The van der Waals surface area contributed by atoms with E-state index in [0.717, 1.165) is 23.5 Å². The van der Waals surface area contributed by atoms with Crippen molar-refractivity contribution in [3.05, 3.63) is 77.8 Å². The van der Waals surface area contributed by atoms with Crippen molar-refractivity contribution >= 4 is 17.2 Å². The van der Waals surface area contributed by atoms with Crippen molar-refractivity contribution < 1.29 is 4.79 Å². The van der Waals surface area contributed by atoms with Crippen LogP contribution < -0.4 is 0 Å². The molecule has 2 aromatic heterocycles. The van der Waals surface area contributed by atoms with E-state index in [-0.39, 0.29) is 5.91 Å². The second-order valence-electron chi connectivity index (χ2n) is 10.7. The van der Waals surface area contributed by atoms with E-state index in [9.17, 15) is 4.79 Å². The van der Waals surface area contributed by atoms with E-state index >= 15 is 0 Å². The van der Waals surface area contributed by atoms with Gasteiger partial charge in [0.05, 0.1) is 6.57 Å².